The van der Waals surface area contributed by atoms with E-state index in [0.29, 0.717) is 11.4 Å². The van der Waals surface area contributed by atoms with Crippen molar-refractivity contribution >= 4 is 34.1 Å². The fourth-order valence-electron chi connectivity index (χ4n) is 3.90. The zero-order chi connectivity index (χ0) is 19.7. The number of amides is 1. The molecule has 1 N–H and O–H groups in total. The van der Waals surface area contributed by atoms with Crippen molar-refractivity contribution in [2.45, 2.75) is 25.2 Å². The average molecular weight is 398 g/mol. The Bertz CT molecular complexity index is 1020. The first-order valence-corrected chi connectivity index (χ1v) is 9.69. The largest absolute Gasteiger partial charge is 0.361 e. The van der Waals surface area contributed by atoms with Gasteiger partial charge in [-0.3, -0.25) is 14.9 Å². The van der Waals surface area contributed by atoms with Crippen LogP contribution in [0.2, 0.25) is 5.02 Å². The monoisotopic (exact) mass is 397 g/mol. The number of nitro groups is 1. The summed E-state index contributed by atoms with van der Waals surface area (Å²) in [5, 5.41) is 12.6. The number of hydrogen-bond acceptors (Lipinski definition) is 3. The molecule has 1 atom stereocenters. The summed E-state index contributed by atoms with van der Waals surface area (Å²) in [6.45, 7) is 1.59. The van der Waals surface area contributed by atoms with Crippen LogP contribution in [0.5, 0.6) is 0 Å². The van der Waals surface area contributed by atoms with Crippen LogP contribution >= 0.6 is 11.6 Å². The highest BCUT2D eigenvalue weighted by Crippen LogP contribution is 2.36. The molecule has 0 spiro atoms. The first-order chi connectivity index (χ1) is 13.5. The van der Waals surface area contributed by atoms with Gasteiger partial charge in [0, 0.05) is 59.7 Å². The summed E-state index contributed by atoms with van der Waals surface area (Å²) in [5.41, 5.74) is 2.69. The van der Waals surface area contributed by atoms with E-state index in [-0.39, 0.29) is 17.5 Å². The van der Waals surface area contributed by atoms with Crippen LogP contribution in [0.25, 0.3) is 10.9 Å². The van der Waals surface area contributed by atoms with E-state index in [1.165, 1.54) is 6.07 Å². The Labute approximate surface area is 167 Å². The molecular formula is C21H20ClN3O3. The van der Waals surface area contributed by atoms with Gasteiger partial charge in [-0.05, 0) is 42.2 Å². The van der Waals surface area contributed by atoms with E-state index in [2.05, 4.69) is 4.98 Å². The number of fused-ring (bicyclic) bond motifs is 1. The molecule has 2 heterocycles. The number of nitrogens with one attached hydrogen (secondary N) is 1. The summed E-state index contributed by atoms with van der Waals surface area (Å²) in [4.78, 5) is 28.8. The maximum Gasteiger partial charge on any atom is 0.270 e. The Morgan fingerprint density at radius 3 is 2.57 bits per heavy atom. The number of non-ortho nitro benzene ring substituents is 1. The van der Waals surface area contributed by atoms with Gasteiger partial charge in [-0.1, -0.05) is 23.7 Å². The third-order valence-corrected chi connectivity index (χ3v) is 5.65. The number of rotatable bonds is 5. The number of hydrogen-bond donors (Lipinski definition) is 1. The van der Waals surface area contributed by atoms with Crippen LogP contribution in [0.4, 0.5) is 5.69 Å². The molecule has 0 radical (unpaired) electrons. The molecule has 144 valence electrons. The molecule has 0 bridgehead atoms. The van der Waals surface area contributed by atoms with Crippen LogP contribution in [0.3, 0.4) is 0 Å². The van der Waals surface area contributed by atoms with Gasteiger partial charge in [-0.25, -0.2) is 0 Å². The number of likely N-dealkylation sites (tertiary alicyclic amines) is 1. The van der Waals surface area contributed by atoms with Crippen LogP contribution in [0.1, 0.15) is 36.3 Å². The van der Waals surface area contributed by atoms with Gasteiger partial charge >= 0.3 is 0 Å². The molecule has 1 aliphatic rings. The van der Waals surface area contributed by atoms with Crippen molar-refractivity contribution in [1.29, 1.82) is 0 Å². The number of halogens is 1. The van der Waals surface area contributed by atoms with Crippen molar-refractivity contribution in [2.24, 2.45) is 0 Å². The minimum atomic E-state index is -0.400. The van der Waals surface area contributed by atoms with Crippen molar-refractivity contribution < 1.29 is 9.72 Å². The molecule has 1 unspecified atom stereocenters. The molecule has 1 fully saturated rings. The molecule has 1 saturated heterocycles. The Kier molecular flexibility index (Phi) is 5.05. The highest BCUT2D eigenvalue weighted by molar-refractivity contribution is 6.30. The van der Waals surface area contributed by atoms with Gasteiger partial charge in [0.1, 0.15) is 0 Å². The normalized spacial score (nSPS) is 15.1. The number of carbonyl (C=O) groups is 1. The Balaban J connectivity index is 1.77. The van der Waals surface area contributed by atoms with Crippen molar-refractivity contribution in [3.05, 3.63) is 74.9 Å². The lowest BCUT2D eigenvalue weighted by molar-refractivity contribution is -0.384. The molecule has 0 aliphatic carbocycles. The molecule has 4 rings (SSSR count). The third kappa shape index (κ3) is 3.60. The number of aromatic nitrogens is 1. The number of carbonyl (C=O) groups excluding carboxylic acids is 1. The molecule has 1 aliphatic heterocycles. The van der Waals surface area contributed by atoms with Gasteiger partial charge < -0.3 is 9.88 Å². The number of nitro benzene ring substituents is 1. The minimum absolute atomic E-state index is 0.0362. The predicted molar refractivity (Wildman–Crippen MR) is 109 cm³/mol. The van der Waals surface area contributed by atoms with E-state index in [0.717, 1.165) is 48.0 Å². The fourth-order valence-corrected chi connectivity index (χ4v) is 4.03. The standard InChI is InChI=1S/C21H20ClN3O3/c22-15-5-3-14(4-6-15)17(12-21(26)24-9-1-2-10-24)19-13-23-20-8-7-16(25(27)28)11-18(19)20/h3-8,11,13,17,23H,1-2,9-10,12H2. The number of nitrogens with zero attached hydrogens (tertiary/aromatic N) is 2. The lowest BCUT2D eigenvalue weighted by atomic mass is 9.87. The molecule has 6 nitrogen and oxygen atoms in total. The van der Waals surface area contributed by atoms with Crippen LogP contribution in [0, 0.1) is 10.1 Å². The summed E-state index contributed by atoms with van der Waals surface area (Å²) in [7, 11) is 0. The lowest BCUT2D eigenvalue weighted by Gasteiger charge is -2.21. The van der Waals surface area contributed by atoms with Gasteiger partial charge in [0.25, 0.3) is 5.69 Å². The van der Waals surface area contributed by atoms with Crippen LogP contribution in [-0.2, 0) is 4.79 Å². The van der Waals surface area contributed by atoms with Gasteiger partial charge in [-0.2, -0.15) is 0 Å². The van der Waals surface area contributed by atoms with E-state index >= 15 is 0 Å². The van der Waals surface area contributed by atoms with E-state index in [1.54, 1.807) is 12.1 Å². The second kappa shape index (κ2) is 7.64. The van der Waals surface area contributed by atoms with Crippen molar-refractivity contribution in [3.63, 3.8) is 0 Å². The van der Waals surface area contributed by atoms with E-state index in [9.17, 15) is 14.9 Å². The van der Waals surface area contributed by atoms with E-state index in [1.807, 2.05) is 35.4 Å². The summed E-state index contributed by atoms with van der Waals surface area (Å²) in [6, 6.07) is 12.2. The van der Waals surface area contributed by atoms with Crippen molar-refractivity contribution in [3.8, 4) is 0 Å². The quantitative estimate of drug-likeness (QED) is 0.492. The summed E-state index contributed by atoms with van der Waals surface area (Å²) in [5.74, 6) is -0.0987. The van der Waals surface area contributed by atoms with Gasteiger partial charge in [0.2, 0.25) is 5.91 Å². The second-order valence-corrected chi connectivity index (χ2v) is 7.56. The summed E-state index contributed by atoms with van der Waals surface area (Å²) >= 11 is 6.04. The van der Waals surface area contributed by atoms with Crippen LogP contribution < -0.4 is 0 Å². The highest BCUT2D eigenvalue weighted by Gasteiger charge is 2.26. The van der Waals surface area contributed by atoms with Crippen molar-refractivity contribution in [1.82, 2.24) is 9.88 Å². The number of benzene rings is 2. The Morgan fingerprint density at radius 1 is 1.18 bits per heavy atom. The Hall–Kier alpha value is -2.86. The van der Waals surface area contributed by atoms with E-state index < -0.39 is 4.92 Å². The van der Waals surface area contributed by atoms with Gasteiger partial charge in [-0.15, -0.1) is 0 Å². The molecule has 1 amide bonds. The summed E-state index contributed by atoms with van der Waals surface area (Å²) in [6.07, 6.45) is 4.25. The maximum absolute atomic E-state index is 12.9. The molecule has 28 heavy (non-hydrogen) atoms. The number of H-pyrrole nitrogens is 1. The molecule has 2 aromatic carbocycles. The lowest BCUT2D eigenvalue weighted by Crippen LogP contribution is -2.29. The molecule has 7 heteroatoms. The van der Waals surface area contributed by atoms with Crippen LogP contribution in [-0.4, -0.2) is 33.8 Å². The summed E-state index contributed by atoms with van der Waals surface area (Å²) < 4.78 is 0. The predicted octanol–water partition coefficient (Wildman–Crippen LogP) is 4.87. The SMILES string of the molecule is O=C(CC(c1ccc(Cl)cc1)c1c[nH]c2ccc([N+](=O)[O-])cc12)N1CCCC1. The molecular weight excluding hydrogens is 378 g/mol. The average Bonchev–Trinajstić information content (AvgIpc) is 3.36. The molecule has 0 saturated carbocycles. The zero-order valence-corrected chi connectivity index (χ0v) is 16.0. The topological polar surface area (TPSA) is 79.2 Å². The Morgan fingerprint density at radius 2 is 1.89 bits per heavy atom. The zero-order valence-electron chi connectivity index (χ0n) is 15.2. The highest BCUT2D eigenvalue weighted by atomic mass is 35.5. The molecule has 3 aromatic rings. The van der Waals surface area contributed by atoms with Crippen molar-refractivity contribution in [2.75, 3.05) is 13.1 Å². The second-order valence-electron chi connectivity index (χ2n) is 7.13. The van der Waals surface area contributed by atoms with Crippen LogP contribution in [0.15, 0.2) is 48.7 Å². The molecule has 1 aromatic heterocycles. The fraction of sp³-hybridized carbons (Fsp3) is 0.286. The van der Waals surface area contributed by atoms with Gasteiger partial charge in [0.15, 0.2) is 0 Å². The third-order valence-electron chi connectivity index (χ3n) is 5.39. The first kappa shape index (κ1) is 18.5. The first-order valence-electron chi connectivity index (χ1n) is 9.31. The smallest absolute Gasteiger partial charge is 0.270 e. The number of aromatic amines is 1. The maximum atomic E-state index is 12.9. The van der Waals surface area contributed by atoms with Gasteiger partial charge in [0.05, 0.1) is 4.92 Å². The van der Waals surface area contributed by atoms with E-state index in [4.69, 9.17) is 11.6 Å². The minimum Gasteiger partial charge on any atom is -0.361 e.